The fourth-order valence-corrected chi connectivity index (χ4v) is 11.5. The first-order valence-electron chi connectivity index (χ1n) is 22.9. The summed E-state index contributed by atoms with van der Waals surface area (Å²) in [5.41, 5.74) is 10.5. The molecule has 0 nitrogen and oxygen atoms in total. The highest BCUT2D eigenvalue weighted by Crippen LogP contribution is 2.55. The van der Waals surface area contributed by atoms with Crippen molar-refractivity contribution in [2.45, 2.75) is 52.4 Å². The average molecular weight is 817 g/mol. The van der Waals surface area contributed by atoms with Crippen molar-refractivity contribution in [2.24, 2.45) is 0 Å². The fourth-order valence-electron chi connectivity index (χ4n) is 11.5. The molecule has 0 aromatic heterocycles. The minimum Gasteiger partial charge on any atom is -0.0622 e. The lowest BCUT2D eigenvalue weighted by Gasteiger charge is -2.24. The van der Waals surface area contributed by atoms with Gasteiger partial charge in [0.1, 0.15) is 0 Å². The Bertz CT molecular complexity index is 4040. The SMILES string of the molecule is CC(C)(C)c1cc(-c2ccc3c(c2)c2cccc4c5c(-c6ccccc6)c6c7cc8ccccc8c8cccc(c6c(-c6ccccc6)c5cc3c24)c87)c2cc(C(C)(C)C)ccc2c1. The molecule has 0 radical (unpaired) electrons. The van der Waals surface area contributed by atoms with Crippen LogP contribution in [0.1, 0.15) is 52.7 Å². The van der Waals surface area contributed by atoms with Crippen molar-refractivity contribution in [3.63, 3.8) is 0 Å². The van der Waals surface area contributed by atoms with Gasteiger partial charge in [-0.2, -0.15) is 0 Å². The number of hydrogen-bond acceptors (Lipinski definition) is 0. The molecule has 0 unspecified atom stereocenters. The Hall–Kier alpha value is -7.28. The van der Waals surface area contributed by atoms with Gasteiger partial charge in [0.05, 0.1) is 0 Å². The van der Waals surface area contributed by atoms with E-state index in [1.807, 2.05) is 0 Å². The molecule has 13 aromatic rings. The van der Waals surface area contributed by atoms with Crippen molar-refractivity contribution < 1.29 is 0 Å². The standard InChI is InChI=1S/C64H48/c1-63(2,3)42-29-27-40-31-43(64(4,5)6)35-51(50(40)34-42)41-28-30-45-52(32-41)47-24-16-25-48-58(47)53(45)36-55-56(37-17-9-7-10-18-37)61-49-26-15-23-46-44-22-14-13-21-39(44)33-54(59(46)49)62(61)57(60(48)55)38-19-11-8-12-20-38/h7-36H,1-6H3. The van der Waals surface area contributed by atoms with E-state index < -0.39 is 0 Å². The Balaban J connectivity index is 1.21. The van der Waals surface area contributed by atoms with Gasteiger partial charge in [0.25, 0.3) is 0 Å². The zero-order valence-electron chi connectivity index (χ0n) is 37.3. The molecule has 0 spiro atoms. The van der Waals surface area contributed by atoms with Crippen LogP contribution in [0, 0.1) is 0 Å². The number of benzene rings is 11. The van der Waals surface area contributed by atoms with Crippen LogP contribution >= 0.6 is 0 Å². The lowest BCUT2D eigenvalue weighted by Crippen LogP contribution is -2.12. The van der Waals surface area contributed by atoms with Crippen LogP contribution in [0.15, 0.2) is 182 Å². The molecule has 0 aliphatic carbocycles. The molecular weight excluding hydrogens is 769 g/mol. The van der Waals surface area contributed by atoms with Gasteiger partial charge in [-0.05, 0) is 177 Å². The number of fused-ring (bicyclic) bond motifs is 11. The van der Waals surface area contributed by atoms with E-state index in [9.17, 15) is 0 Å². The summed E-state index contributed by atoms with van der Waals surface area (Å²) >= 11 is 0. The highest BCUT2D eigenvalue weighted by molar-refractivity contribution is 6.46. The van der Waals surface area contributed by atoms with Gasteiger partial charge in [0.15, 0.2) is 0 Å². The molecule has 13 aromatic carbocycles. The summed E-state index contributed by atoms with van der Waals surface area (Å²) in [6.45, 7) is 13.9. The second-order valence-corrected chi connectivity index (χ2v) is 20.4. The van der Waals surface area contributed by atoms with Crippen molar-refractivity contribution in [3.8, 4) is 33.4 Å². The minimum absolute atomic E-state index is 0.0106. The maximum atomic E-state index is 2.56. The van der Waals surface area contributed by atoms with Gasteiger partial charge in [-0.25, -0.2) is 0 Å². The van der Waals surface area contributed by atoms with Gasteiger partial charge in [-0.15, -0.1) is 0 Å². The smallest absolute Gasteiger partial charge is 0.000697 e. The normalized spacial score (nSPS) is 12.8. The van der Waals surface area contributed by atoms with Crippen molar-refractivity contribution in [1.29, 1.82) is 0 Å². The number of rotatable bonds is 3. The van der Waals surface area contributed by atoms with Gasteiger partial charge >= 0.3 is 0 Å². The maximum absolute atomic E-state index is 2.56. The van der Waals surface area contributed by atoms with Gasteiger partial charge in [0, 0.05) is 0 Å². The third kappa shape index (κ3) is 5.23. The van der Waals surface area contributed by atoms with E-state index in [4.69, 9.17) is 0 Å². The van der Waals surface area contributed by atoms with Crippen molar-refractivity contribution >= 4 is 97.0 Å². The highest BCUT2D eigenvalue weighted by atomic mass is 14.3. The zero-order chi connectivity index (χ0) is 43.2. The summed E-state index contributed by atoms with van der Waals surface area (Å²) < 4.78 is 0. The predicted molar refractivity (Wildman–Crippen MR) is 280 cm³/mol. The molecule has 0 amide bonds. The average Bonchev–Trinajstić information content (AvgIpc) is 3.80. The first kappa shape index (κ1) is 37.3. The van der Waals surface area contributed by atoms with Gasteiger partial charge < -0.3 is 0 Å². The number of hydrogen-bond donors (Lipinski definition) is 0. The molecule has 0 atom stereocenters. The predicted octanol–water partition coefficient (Wildman–Crippen LogP) is 18.5. The van der Waals surface area contributed by atoms with Gasteiger partial charge in [-0.3, -0.25) is 0 Å². The van der Waals surface area contributed by atoms with Crippen molar-refractivity contribution in [2.75, 3.05) is 0 Å². The quantitative estimate of drug-likeness (QED) is 0.156. The topological polar surface area (TPSA) is 0 Å². The molecule has 64 heavy (non-hydrogen) atoms. The Morgan fingerprint density at radius 1 is 0.250 bits per heavy atom. The third-order valence-electron chi connectivity index (χ3n) is 14.6. The van der Waals surface area contributed by atoms with Crippen molar-refractivity contribution in [3.05, 3.63) is 193 Å². The van der Waals surface area contributed by atoms with Crippen LogP contribution in [0.3, 0.4) is 0 Å². The lowest BCUT2D eigenvalue weighted by molar-refractivity contribution is 0.589. The largest absolute Gasteiger partial charge is 0.0622 e. The van der Waals surface area contributed by atoms with E-state index in [1.54, 1.807) is 0 Å². The summed E-state index contributed by atoms with van der Waals surface area (Å²) in [7, 11) is 0. The maximum Gasteiger partial charge on any atom is -0.000697 e. The third-order valence-corrected chi connectivity index (χ3v) is 14.6. The molecule has 0 fully saturated rings. The van der Waals surface area contributed by atoms with Crippen molar-refractivity contribution in [1.82, 2.24) is 0 Å². The second-order valence-electron chi connectivity index (χ2n) is 20.4. The van der Waals surface area contributed by atoms with Gasteiger partial charge in [0.2, 0.25) is 0 Å². The Labute approximate surface area is 374 Å². The monoisotopic (exact) mass is 816 g/mol. The van der Waals surface area contributed by atoms with E-state index in [0.717, 1.165) is 0 Å². The first-order chi connectivity index (χ1) is 31.0. The van der Waals surface area contributed by atoms with Crippen LogP contribution in [0.5, 0.6) is 0 Å². The molecule has 0 heterocycles. The summed E-state index contributed by atoms with van der Waals surface area (Å²) in [6.07, 6.45) is 0. The molecule has 0 heteroatoms. The van der Waals surface area contributed by atoms with Crippen LogP contribution in [0.2, 0.25) is 0 Å². The van der Waals surface area contributed by atoms with E-state index in [-0.39, 0.29) is 10.8 Å². The highest BCUT2D eigenvalue weighted by Gasteiger charge is 2.27. The fraction of sp³-hybridized carbons (Fsp3) is 0.125. The molecule has 0 aliphatic rings. The summed E-state index contributed by atoms with van der Waals surface area (Å²) in [5, 5.41) is 23.7. The minimum atomic E-state index is 0.0106. The Kier molecular flexibility index (Phi) is 7.65. The lowest BCUT2D eigenvalue weighted by atomic mass is 9.81. The second kappa shape index (κ2) is 13.1. The Morgan fingerprint density at radius 3 is 1.55 bits per heavy atom. The molecule has 0 saturated carbocycles. The summed E-state index contributed by atoms with van der Waals surface area (Å²) in [5.74, 6) is 0. The summed E-state index contributed by atoms with van der Waals surface area (Å²) in [6, 6.07) is 69.7. The van der Waals surface area contributed by atoms with Crippen LogP contribution in [-0.2, 0) is 10.8 Å². The molecule has 304 valence electrons. The Morgan fingerprint density at radius 2 is 0.828 bits per heavy atom. The van der Waals surface area contributed by atoms with E-state index in [2.05, 4.69) is 224 Å². The molecule has 0 N–H and O–H groups in total. The van der Waals surface area contributed by atoms with E-state index in [0.29, 0.717) is 0 Å². The van der Waals surface area contributed by atoms with Gasteiger partial charge in [-0.1, -0.05) is 199 Å². The van der Waals surface area contributed by atoms with Crippen LogP contribution in [-0.4, -0.2) is 0 Å². The molecule has 0 saturated heterocycles. The molecule has 0 bridgehead atoms. The first-order valence-corrected chi connectivity index (χ1v) is 22.9. The summed E-state index contributed by atoms with van der Waals surface area (Å²) in [4.78, 5) is 0. The zero-order valence-corrected chi connectivity index (χ0v) is 37.3. The molecule has 13 rings (SSSR count). The van der Waals surface area contributed by atoms with E-state index in [1.165, 1.54) is 141 Å². The molecular formula is C64H48. The van der Waals surface area contributed by atoms with Crippen LogP contribution < -0.4 is 0 Å². The van der Waals surface area contributed by atoms with Crippen LogP contribution in [0.4, 0.5) is 0 Å². The molecule has 0 aliphatic heterocycles. The van der Waals surface area contributed by atoms with Crippen LogP contribution in [0.25, 0.3) is 130 Å². The van der Waals surface area contributed by atoms with E-state index >= 15 is 0 Å².